The number of hydrogen-bond acceptors (Lipinski definition) is 5. The van der Waals surface area contributed by atoms with Gasteiger partial charge in [-0.2, -0.15) is 4.31 Å². The van der Waals surface area contributed by atoms with Gasteiger partial charge in [-0.1, -0.05) is 59.7 Å². The molecule has 8 heteroatoms. The minimum Gasteiger partial charge on any atom is -0.440 e. The van der Waals surface area contributed by atoms with Gasteiger partial charge >= 0.3 is 5.79 Å². The van der Waals surface area contributed by atoms with Crippen molar-refractivity contribution >= 4 is 10.0 Å². The van der Waals surface area contributed by atoms with Crippen molar-refractivity contribution in [3.8, 4) is 11.5 Å². The first-order valence-corrected chi connectivity index (χ1v) is 12.2. The molecule has 5 rings (SSSR count). The van der Waals surface area contributed by atoms with E-state index in [9.17, 15) is 8.42 Å². The summed E-state index contributed by atoms with van der Waals surface area (Å²) in [6.07, 6.45) is 0. The van der Waals surface area contributed by atoms with E-state index in [1.54, 1.807) is 0 Å². The van der Waals surface area contributed by atoms with E-state index in [0.29, 0.717) is 11.1 Å². The SMILES string of the molecule is Cc1ccc(C2(c3ccc(C)cc3)Oc3cc(F)c(S(=O)(=O)N4CCOCC4)cc3O2)cc1. The number of aryl methyl sites for hydroxylation is 2. The Morgan fingerprint density at radius 2 is 1.30 bits per heavy atom. The summed E-state index contributed by atoms with van der Waals surface area (Å²) in [5.74, 6) is -1.93. The van der Waals surface area contributed by atoms with Crippen LogP contribution in [0.25, 0.3) is 0 Å². The van der Waals surface area contributed by atoms with Gasteiger partial charge in [0.1, 0.15) is 10.7 Å². The quantitative estimate of drug-likeness (QED) is 0.575. The van der Waals surface area contributed by atoms with E-state index in [-0.39, 0.29) is 37.8 Å². The first kappa shape index (κ1) is 21.9. The van der Waals surface area contributed by atoms with Gasteiger partial charge in [0, 0.05) is 36.3 Å². The molecular formula is C25H24FNO5S. The van der Waals surface area contributed by atoms with E-state index in [2.05, 4.69) is 0 Å². The van der Waals surface area contributed by atoms with Gasteiger partial charge in [0.2, 0.25) is 10.0 Å². The molecule has 33 heavy (non-hydrogen) atoms. The second-order valence-corrected chi connectivity index (χ2v) is 10.2. The fourth-order valence-corrected chi connectivity index (χ4v) is 5.55. The van der Waals surface area contributed by atoms with E-state index in [1.807, 2.05) is 62.4 Å². The van der Waals surface area contributed by atoms with Crippen LogP contribution in [0.3, 0.4) is 0 Å². The highest BCUT2D eigenvalue weighted by molar-refractivity contribution is 7.89. The molecule has 0 spiro atoms. The van der Waals surface area contributed by atoms with Crippen LogP contribution in [0.15, 0.2) is 65.6 Å². The van der Waals surface area contributed by atoms with Crippen LogP contribution in [-0.4, -0.2) is 39.0 Å². The van der Waals surface area contributed by atoms with Crippen molar-refractivity contribution in [2.24, 2.45) is 0 Å². The summed E-state index contributed by atoms with van der Waals surface area (Å²) in [5.41, 5.74) is 3.56. The average Bonchev–Trinajstić information content (AvgIpc) is 3.19. The summed E-state index contributed by atoms with van der Waals surface area (Å²) in [7, 11) is -4.05. The Kier molecular flexibility index (Phi) is 5.39. The Hall–Kier alpha value is -2.94. The lowest BCUT2D eigenvalue weighted by atomic mass is 9.95. The topological polar surface area (TPSA) is 65.1 Å². The number of fused-ring (bicyclic) bond motifs is 1. The van der Waals surface area contributed by atoms with Crippen LogP contribution in [0.5, 0.6) is 11.5 Å². The second-order valence-electron chi connectivity index (χ2n) is 8.30. The molecule has 0 unspecified atom stereocenters. The average molecular weight is 470 g/mol. The molecule has 0 bridgehead atoms. The molecule has 0 N–H and O–H groups in total. The molecule has 2 heterocycles. The molecular weight excluding hydrogens is 445 g/mol. The lowest BCUT2D eigenvalue weighted by Crippen LogP contribution is -2.40. The molecule has 2 aliphatic heterocycles. The largest absolute Gasteiger partial charge is 0.440 e. The third-order valence-electron chi connectivity index (χ3n) is 5.96. The third-order valence-corrected chi connectivity index (χ3v) is 7.87. The number of benzene rings is 3. The molecule has 0 aliphatic carbocycles. The van der Waals surface area contributed by atoms with Crippen LogP contribution in [0.4, 0.5) is 4.39 Å². The summed E-state index contributed by atoms with van der Waals surface area (Å²) < 4.78 is 60.4. The van der Waals surface area contributed by atoms with Gasteiger partial charge in [-0.15, -0.1) is 0 Å². The number of hydrogen-bond donors (Lipinski definition) is 0. The number of sulfonamides is 1. The van der Waals surface area contributed by atoms with Crippen LogP contribution in [0, 0.1) is 19.7 Å². The Morgan fingerprint density at radius 3 is 1.82 bits per heavy atom. The van der Waals surface area contributed by atoms with Crippen LogP contribution in [0.1, 0.15) is 22.3 Å². The summed E-state index contributed by atoms with van der Waals surface area (Å²) >= 11 is 0. The van der Waals surface area contributed by atoms with Crippen LogP contribution in [0.2, 0.25) is 0 Å². The minimum atomic E-state index is -4.05. The summed E-state index contributed by atoms with van der Waals surface area (Å²) in [6.45, 7) is 4.85. The predicted molar refractivity (Wildman–Crippen MR) is 120 cm³/mol. The standard InChI is InChI=1S/C25H24FNO5S/c1-17-3-7-19(8-4-17)25(20-9-5-18(2)6-10-20)31-22-15-21(26)24(16-23(22)32-25)33(28,29)27-11-13-30-14-12-27/h3-10,15-16H,11-14H2,1-2H3. The smallest absolute Gasteiger partial charge is 0.305 e. The zero-order chi connectivity index (χ0) is 23.2. The number of nitrogens with zero attached hydrogens (tertiary/aromatic N) is 1. The maximum atomic E-state index is 15.1. The molecule has 0 amide bonds. The molecule has 0 saturated carbocycles. The van der Waals surface area contributed by atoms with Gasteiger partial charge in [0.05, 0.1) is 13.2 Å². The van der Waals surface area contributed by atoms with Gasteiger partial charge in [-0.05, 0) is 13.8 Å². The van der Waals surface area contributed by atoms with Gasteiger partial charge in [0.25, 0.3) is 0 Å². The molecule has 6 nitrogen and oxygen atoms in total. The summed E-state index contributed by atoms with van der Waals surface area (Å²) in [4.78, 5) is -0.435. The van der Waals surface area contributed by atoms with Crippen LogP contribution < -0.4 is 9.47 Å². The minimum absolute atomic E-state index is 0.148. The Morgan fingerprint density at radius 1 is 0.818 bits per heavy atom. The Balaban J connectivity index is 1.60. The lowest BCUT2D eigenvalue weighted by molar-refractivity contribution is -0.0460. The van der Waals surface area contributed by atoms with E-state index in [0.717, 1.165) is 17.2 Å². The summed E-state index contributed by atoms with van der Waals surface area (Å²) in [5, 5.41) is 0. The van der Waals surface area contributed by atoms with Crippen LogP contribution in [-0.2, 0) is 20.5 Å². The molecule has 3 aromatic rings. The maximum Gasteiger partial charge on any atom is 0.305 e. The van der Waals surface area contributed by atoms with Crippen molar-refractivity contribution in [3.05, 3.63) is 88.7 Å². The number of rotatable bonds is 4. The maximum absolute atomic E-state index is 15.1. The number of halogens is 1. The highest BCUT2D eigenvalue weighted by atomic mass is 32.2. The van der Waals surface area contributed by atoms with Crippen molar-refractivity contribution in [2.75, 3.05) is 26.3 Å². The first-order valence-electron chi connectivity index (χ1n) is 10.7. The van der Waals surface area contributed by atoms with Crippen molar-refractivity contribution in [1.82, 2.24) is 4.31 Å². The molecule has 0 radical (unpaired) electrons. The van der Waals surface area contributed by atoms with E-state index < -0.39 is 26.5 Å². The van der Waals surface area contributed by atoms with Gasteiger partial charge in [-0.25, -0.2) is 12.8 Å². The summed E-state index contributed by atoms with van der Waals surface area (Å²) in [6, 6.07) is 17.6. The van der Waals surface area contributed by atoms with Crippen molar-refractivity contribution < 1.29 is 27.0 Å². The van der Waals surface area contributed by atoms with Gasteiger partial charge in [-0.3, -0.25) is 0 Å². The number of ether oxygens (including phenoxy) is 3. The predicted octanol–water partition coefficient (Wildman–Crippen LogP) is 4.14. The molecule has 1 fully saturated rings. The third kappa shape index (κ3) is 3.78. The highest BCUT2D eigenvalue weighted by Gasteiger charge is 2.46. The van der Waals surface area contributed by atoms with Crippen molar-refractivity contribution in [2.45, 2.75) is 24.5 Å². The van der Waals surface area contributed by atoms with Gasteiger partial charge in [0.15, 0.2) is 11.5 Å². The second kappa shape index (κ2) is 8.13. The fraction of sp³-hybridized carbons (Fsp3) is 0.280. The fourth-order valence-electron chi connectivity index (χ4n) is 4.08. The lowest BCUT2D eigenvalue weighted by Gasteiger charge is -2.29. The molecule has 2 aliphatic rings. The van der Waals surface area contributed by atoms with Crippen molar-refractivity contribution in [1.29, 1.82) is 0 Å². The zero-order valence-corrected chi connectivity index (χ0v) is 19.2. The van der Waals surface area contributed by atoms with Crippen molar-refractivity contribution in [3.63, 3.8) is 0 Å². The van der Waals surface area contributed by atoms with Gasteiger partial charge < -0.3 is 14.2 Å². The molecule has 3 aromatic carbocycles. The van der Waals surface area contributed by atoms with E-state index in [4.69, 9.17) is 14.2 Å². The number of morpholine rings is 1. The first-order chi connectivity index (χ1) is 15.8. The highest BCUT2D eigenvalue weighted by Crippen LogP contribution is 2.49. The normalized spacial score (nSPS) is 17.8. The van der Waals surface area contributed by atoms with E-state index in [1.165, 1.54) is 10.4 Å². The molecule has 0 aromatic heterocycles. The zero-order valence-electron chi connectivity index (χ0n) is 18.4. The van der Waals surface area contributed by atoms with E-state index >= 15 is 4.39 Å². The molecule has 172 valence electrons. The molecule has 1 saturated heterocycles. The Labute approximate surface area is 192 Å². The Bertz CT molecular complexity index is 1240. The molecule has 0 atom stereocenters. The van der Waals surface area contributed by atoms with Crippen LogP contribution >= 0.6 is 0 Å². The monoisotopic (exact) mass is 469 g/mol.